The number of aromatic nitrogens is 2. The lowest BCUT2D eigenvalue weighted by Gasteiger charge is -2.15. The minimum Gasteiger partial charge on any atom is -0.368 e. The SMILES string of the molecule is CC(C)C(=O)NCCNc1nc(Nc2ccc(Cl)c(Cl)c2)ncc1C(F)(F)F. The molecule has 1 aromatic heterocycles. The first-order chi connectivity index (χ1) is 13.1. The van der Waals surface area contributed by atoms with Crippen molar-refractivity contribution in [1.82, 2.24) is 15.3 Å². The van der Waals surface area contributed by atoms with E-state index in [1.54, 1.807) is 19.9 Å². The number of carbonyl (C=O) groups is 1. The fourth-order valence-electron chi connectivity index (χ4n) is 2.06. The molecule has 0 unspecified atom stereocenters. The van der Waals surface area contributed by atoms with Gasteiger partial charge in [0.1, 0.15) is 11.4 Å². The zero-order valence-electron chi connectivity index (χ0n) is 15.0. The highest BCUT2D eigenvalue weighted by Crippen LogP contribution is 2.34. The molecule has 0 radical (unpaired) electrons. The summed E-state index contributed by atoms with van der Waals surface area (Å²) >= 11 is 11.8. The quantitative estimate of drug-likeness (QED) is 0.547. The van der Waals surface area contributed by atoms with Gasteiger partial charge >= 0.3 is 6.18 Å². The molecule has 6 nitrogen and oxygen atoms in total. The average Bonchev–Trinajstić information content (AvgIpc) is 2.60. The summed E-state index contributed by atoms with van der Waals surface area (Å²) in [5.41, 5.74) is -0.549. The van der Waals surface area contributed by atoms with E-state index in [0.29, 0.717) is 16.9 Å². The number of hydrogen-bond donors (Lipinski definition) is 3. The van der Waals surface area contributed by atoms with Gasteiger partial charge in [-0.15, -0.1) is 0 Å². The van der Waals surface area contributed by atoms with Crippen LogP contribution >= 0.6 is 23.2 Å². The number of benzene rings is 1. The lowest BCUT2D eigenvalue weighted by molar-refractivity contribution is -0.137. The summed E-state index contributed by atoms with van der Waals surface area (Å²) in [5, 5.41) is 8.58. The van der Waals surface area contributed by atoms with Gasteiger partial charge in [0.25, 0.3) is 0 Å². The van der Waals surface area contributed by atoms with Crippen molar-refractivity contribution in [1.29, 1.82) is 0 Å². The van der Waals surface area contributed by atoms with Crippen LogP contribution in [0.3, 0.4) is 0 Å². The first kappa shape index (κ1) is 22.0. The molecule has 2 rings (SSSR count). The Hall–Kier alpha value is -2.26. The summed E-state index contributed by atoms with van der Waals surface area (Å²) in [5.74, 6) is -0.863. The molecule has 1 aromatic carbocycles. The van der Waals surface area contributed by atoms with Gasteiger partial charge in [-0.3, -0.25) is 4.79 Å². The van der Waals surface area contributed by atoms with Crippen molar-refractivity contribution in [2.45, 2.75) is 20.0 Å². The highest BCUT2D eigenvalue weighted by Gasteiger charge is 2.35. The van der Waals surface area contributed by atoms with Gasteiger partial charge in [-0.1, -0.05) is 37.0 Å². The molecule has 28 heavy (non-hydrogen) atoms. The van der Waals surface area contributed by atoms with Crippen LogP contribution in [0.15, 0.2) is 24.4 Å². The molecular weight excluding hydrogens is 418 g/mol. The zero-order chi connectivity index (χ0) is 20.9. The fraction of sp³-hybridized carbons (Fsp3) is 0.353. The standard InChI is InChI=1S/C17H18Cl2F3N5O/c1-9(2)15(28)24-6-5-23-14-11(17(20,21)22)8-25-16(27-14)26-10-3-4-12(18)13(19)7-10/h3-4,7-9H,5-6H2,1-2H3,(H,24,28)(H2,23,25,26,27). The molecule has 0 saturated heterocycles. The molecular formula is C17H18Cl2F3N5O. The fourth-order valence-corrected chi connectivity index (χ4v) is 2.36. The van der Waals surface area contributed by atoms with Crippen LogP contribution in [-0.2, 0) is 11.0 Å². The normalized spacial score (nSPS) is 11.4. The Morgan fingerprint density at radius 2 is 1.89 bits per heavy atom. The number of nitrogens with zero attached hydrogens (tertiary/aromatic N) is 2. The number of amides is 1. The third-order valence-corrected chi connectivity index (χ3v) is 4.25. The van der Waals surface area contributed by atoms with Crippen molar-refractivity contribution < 1.29 is 18.0 Å². The van der Waals surface area contributed by atoms with E-state index in [2.05, 4.69) is 25.9 Å². The average molecular weight is 436 g/mol. The molecule has 0 bridgehead atoms. The summed E-state index contributed by atoms with van der Waals surface area (Å²) < 4.78 is 39.6. The van der Waals surface area contributed by atoms with Crippen molar-refractivity contribution in [2.75, 3.05) is 23.7 Å². The Kier molecular flexibility index (Phi) is 7.31. The second-order valence-corrected chi connectivity index (χ2v) is 6.89. The molecule has 1 heterocycles. The Morgan fingerprint density at radius 1 is 1.18 bits per heavy atom. The monoisotopic (exact) mass is 435 g/mol. The lowest BCUT2D eigenvalue weighted by atomic mass is 10.2. The van der Waals surface area contributed by atoms with E-state index in [1.807, 2.05) is 0 Å². The summed E-state index contributed by atoms with van der Waals surface area (Å²) in [7, 11) is 0. The maximum Gasteiger partial charge on any atom is 0.421 e. The van der Waals surface area contributed by atoms with E-state index in [-0.39, 0.29) is 35.9 Å². The van der Waals surface area contributed by atoms with E-state index in [9.17, 15) is 18.0 Å². The highest BCUT2D eigenvalue weighted by atomic mass is 35.5. The molecule has 11 heteroatoms. The highest BCUT2D eigenvalue weighted by molar-refractivity contribution is 6.42. The second-order valence-electron chi connectivity index (χ2n) is 6.08. The lowest BCUT2D eigenvalue weighted by Crippen LogP contribution is -2.32. The molecule has 0 aliphatic rings. The maximum atomic E-state index is 13.2. The Balaban J connectivity index is 2.15. The number of alkyl halides is 3. The molecule has 3 N–H and O–H groups in total. The van der Waals surface area contributed by atoms with E-state index >= 15 is 0 Å². The summed E-state index contributed by atoms with van der Waals surface area (Å²) in [4.78, 5) is 19.1. The Morgan fingerprint density at radius 3 is 2.50 bits per heavy atom. The van der Waals surface area contributed by atoms with E-state index in [1.165, 1.54) is 12.1 Å². The predicted octanol–water partition coefficient (Wildman–Crippen LogP) is 4.73. The second kappa shape index (κ2) is 9.29. The van der Waals surface area contributed by atoms with Crippen LogP contribution in [0.5, 0.6) is 0 Å². The van der Waals surface area contributed by atoms with Gasteiger partial charge in [0.05, 0.1) is 10.0 Å². The topological polar surface area (TPSA) is 78.9 Å². The zero-order valence-corrected chi connectivity index (χ0v) is 16.5. The first-order valence-electron chi connectivity index (χ1n) is 8.26. The van der Waals surface area contributed by atoms with Crippen molar-refractivity contribution in [3.63, 3.8) is 0 Å². The molecule has 2 aromatic rings. The van der Waals surface area contributed by atoms with Crippen molar-refractivity contribution in [3.05, 3.63) is 40.0 Å². The molecule has 0 saturated carbocycles. The van der Waals surface area contributed by atoms with E-state index in [0.717, 1.165) is 0 Å². The minimum atomic E-state index is -4.63. The van der Waals surface area contributed by atoms with Crippen molar-refractivity contribution in [2.24, 2.45) is 5.92 Å². The van der Waals surface area contributed by atoms with Crippen LogP contribution in [-0.4, -0.2) is 29.0 Å². The molecule has 1 amide bonds. The van der Waals surface area contributed by atoms with Gasteiger partial charge in [-0.25, -0.2) is 4.98 Å². The summed E-state index contributed by atoms with van der Waals surface area (Å²) in [6.45, 7) is 3.64. The molecule has 0 aliphatic carbocycles. The third kappa shape index (κ3) is 6.13. The number of carbonyl (C=O) groups excluding carboxylic acids is 1. The summed E-state index contributed by atoms with van der Waals surface area (Å²) in [6, 6.07) is 4.62. The molecule has 0 atom stereocenters. The van der Waals surface area contributed by atoms with Crippen LogP contribution in [0.2, 0.25) is 10.0 Å². The van der Waals surface area contributed by atoms with Gasteiger partial charge in [-0.05, 0) is 18.2 Å². The number of nitrogens with one attached hydrogen (secondary N) is 3. The molecule has 0 spiro atoms. The van der Waals surface area contributed by atoms with Gasteiger partial charge < -0.3 is 16.0 Å². The maximum absolute atomic E-state index is 13.2. The largest absolute Gasteiger partial charge is 0.421 e. The Bertz CT molecular complexity index is 846. The van der Waals surface area contributed by atoms with Crippen LogP contribution < -0.4 is 16.0 Å². The van der Waals surface area contributed by atoms with Crippen LogP contribution in [0.25, 0.3) is 0 Å². The minimum absolute atomic E-state index is 0.0555. The van der Waals surface area contributed by atoms with Gasteiger partial charge in [0.2, 0.25) is 11.9 Å². The van der Waals surface area contributed by atoms with Crippen LogP contribution in [0.1, 0.15) is 19.4 Å². The predicted molar refractivity (Wildman–Crippen MR) is 103 cm³/mol. The van der Waals surface area contributed by atoms with E-state index < -0.39 is 17.6 Å². The first-order valence-corrected chi connectivity index (χ1v) is 9.01. The molecule has 0 aliphatic heterocycles. The van der Waals surface area contributed by atoms with Crippen molar-refractivity contribution in [3.8, 4) is 0 Å². The number of hydrogen-bond acceptors (Lipinski definition) is 5. The van der Waals surface area contributed by atoms with Crippen LogP contribution in [0, 0.1) is 5.92 Å². The summed E-state index contributed by atoms with van der Waals surface area (Å²) in [6.07, 6.45) is -3.95. The van der Waals surface area contributed by atoms with Gasteiger partial charge in [0.15, 0.2) is 0 Å². The number of rotatable bonds is 7. The number of anilines is 3. The third-order valence-electron chi connectivity index (χ3n) is 3.51. The van der Waals surface area contributed by atoms with E-state index in [4.69, 9.17) is 23.2 Å². The van der Waals surface area contributed by atoms with Gasteiger partial charge in [-0.2, -0.15) is 18.2 Å². The number of halogens is 5. The van der Waals surface area contributed by atoms with Crippen molar-refractivity contribution >= 4 is 46.6 Å². The molecule has 152 valence electrons. The Labute approximate surface area is 169 Å². The molecule has 0 fully saturated rings. The van der Waals surface area contributed by atoms with Crippen LogP contribution in [0.4, 0.5) is 30.6 Å². The van der Waals surface area contributed by atoms with Gasteiger partial charge in [0, 0.05) is 30.9 Å². The smallest absolute Gasteiger partial charge is 0.368 e.